The minimum atomic E-state index is -0.272. The molecule has 4 N–H and O–H groups in total. The zero-order valence-corrected chi connectivity index (χ0v) is 23.1. The third-order valence-electron chi connectivity index (χ3n) is 7.86. The van der Waals surface area contributed by atoms with E-state index in [1.54, 1.807) is 25.4 Å². The molecule has 40 heavy (non-hydrogen) atoms. The maximum absolute atomic E-state index is 14.7. The Morgan fingerprint density at radius 3 is 2.70 bits per heavy atom. The van der Waals surface area contributed by atoms with Crippen molar-refractivity contribution >= 4 is 22.6 Å². The van der Waals surface area contributed by atoms with Crippen molar-refractivity contribution in [2.75, 3.05) is 32.5 Å². The Kier molecular flexibility index (Phi) is 8.77. The van der Waals surface area contributed by atoms with Crippen LogP contribution in [0.2, 0.25) is 0 Å². The van der Waals surface area contributed by atoms with E-state index in [0.717, 1.165) is 60.3 Å². The first-order chi connectivity index (χ1) is 19.4. The maximum Gasteiger partial charge on any atom is 0.224 e. The summed E-state index contributed by atoms with van der Waals surface area (Å²) in [6, 6.07) is 18.9. The minimum absolute atomic E-state index is 0.0787. The molecule has 7 nitrogen and oxygen atoms in total. The highest BCUT2D eigenvalue weighted by Gasteiger charge is 2.28. The van der Waals surface area contributed by atoms with E-state index in [4.69, 9.17) is 16.2 Å². The summed E-state index contributed by atoms with van der Waals surface area (Å²) in [6.45, 7) is 2.74. The number of fused-ring (bicyclic) bond motifs is 1. The highest BCUT2D eigenvalue weighted by Crippen LogP contribution is 2.33. The lowest BCUT2D eigenvalue weighted by Crippen LogP contribution is -2.42. The molecule has 1 aliphatic heterocycles. The summed E-state index contributed by atoms with van der Waals surface area (Å²) >= 11 is 0. The fourth-order valence-corrected chi connectivity index (χ4v) is 5.81. The van der Waals surface area contributed by atoms with Crippen molar-refractivity contribution in [3.05, 3.63) is 83.9 Å². The predicted octanol–water partition coefficient (Wildman–Crippen LogP) is 5.13. The number of amides is 1. The Morgan fingerprint density at radius 2 is 1.95 bits per heavy atom. The number of carbonyl (C=O) groups excluding carboxylic acids is 1. The van der Waals surface area contributed by atoms with Gasteiger partial charge >= 0.3 is 0 Å². The van der Waals surface area contributed by atoms with Crippen LogP contribution in [0.4, 0.5) is 10.2 Å². The number of rotatable bonds is 10. The van der Waals surface area contributed by atoms with Gasteiger partial charge in [-0.05, 0) is 67.1 Å². The Balaban J connectivity index is 1.22. The van der Waals surface area contributed by atoms with Gasteiger partial charge in [-0.25, -0.2) is 9.37 Å². The van der Waals surface area contributed by atoms with Gasteiger partial charge in [0.05, 0.1) is 5.52 Å². The summed E-state index contributed by atoms with van der Waals surface area (Å²) in [5.41, 5.74) is 17.3. The van der Waals surface area contributed by atoms with Gasteiger partial charge in [0.25, 0.3) is 0 Å². The van der Waals surface area contributed by atoms with Gasteiger partial charge in [0.2, 0.25) is 5.91 Å². The minimum Gasteiger partial charge on any atom is -0.385 e. The van der Waals surface area contributed by atoms with Crippen LogP contribution in [-0.2, 0) is 22.5 Å². The summed E-state index contributed by atoms with van der Waals surface area (Å²) < 4.78 is 22.1. The number of nitrogens with zero attached hydrogens (tertiary/aromatic N) is 3. The topological polar surface area (TPSA) is 99.4 Å². The van der Waals surface area contributed by atoms with E-state index in [2.05, 4.69) is 21.7 Å². The molecule has 2 unspecified atom stereocenters. The van der Waals surface area contributed by atoms with Crippen LogP contribution in [-0.4, -0.2) is 53.2 Å². The molecule has 0 radical (unpaired) electrons. The van der Waals surface area contributed by atoms with Crippen molar-refractivity contribution in [1.29, 1.82) is 0 Å². The van der Waals surface area contributed by atoms with E-state index in [9.17, 15) is 9.18 Å². The smallest absolute Gasteiger partial charge is 0.224 e. The van der Waals surface area contributed by atoms with E-state index in [0.29, 0.717) is 37.2 Å². The van der Waals surface area contributed by atoms with Gasteiger partial charge in [0.15, 0.2) is 0 Å². The molecule has 1 saturated heterocycles. The van der Waals surface area contributed by atoms with Crippen molar-refractivity contribution in [2.45, 2.75) is 50.6 Å². The number of nitrogen functional groups attached to an aromatic ring is 1. The zero-order chi connectivity index (χ0) is 28.1. The number of halogens is 1. The number of aromatic nitrogens is 2. The number of nitrogens with two attached hydrogens (primary N) is 2. The molecule has 5 rings (SSSR count). The second kappa shape index (κ2) is 12.6. The largest absolute Gasteiger partial charge is 0.385 e. The number of hydrogen-bond donors (Lipinski definition) is 2. The van der Waals surface area contributed by atoms with E-state index >= 15 is 0 Å². The van der Waals surface area contributed by atoms with Crippen LogP contribution in [0.25, 0.3) is 22.0 Å². The third kappa shape index (κ3) is 6.35. The quantitative estimate of drug-likeness (QED) is 0.270. The molecule has 0 spiro atoms. The van der Waals surface area contributed by atoms with Gasteiger partial charge in [-0.3, -0.25) is 4.79 Å². The van der Waals surface area contributed by atoms with Crippen LogP contribution in [0.1, 0.15) is 42.9 Å². The third-order valence-corrected chi connectivity index (χ3v) is 7.86. The predicted molar refractivity (Wildman–Crippen MR) is 157 cm³/mol. The highest BCUT2D eigenvalue weighted by molar-refractivity contribution is 5.82. The summed E-state index contributed by atoms with van der Waals surface area (Å²) in [6.07, 6.45) is 5.39. The average molecular weight is 544 g/mol. The normalized spacial score (nSPS) is 16.4. The van der Waals surface area contributed by atoms with Crippen LogP contribution >= 0.6 is 0 Å². The number of carbonyl (C=O) groups is 1. The SMILES string of the molecule is COCCCn1c(C2CCCN(C(=O)CC(N)Cc3ccc(-c4ccc(N)nc4)cc3)C2)cc2c(F)cccc21. The first-order valence-corrected chi connectivity index (χ1v) is 14.0. The molecule has 3 heterocycles. The van der Waals surface area contributed by atoms with Gasteiger partial charge in [-0.1, -0.05) is 30.3 Å². The monoisotopic (exact) mass is 543 g/mol. The number of likely N-dealkylation sites (tertiary alicyclic amines) is 1. The number of pyridine rings is 1. The molecule has 1 aliphatic rings. The summed E-state index contributed by atoms with van der Waals surface area (Å²) in [7, 11) is 1.69. The summed E-state index contributed by atoms with van der Waals surface area (Å²) in [4.78, 5) is 19.4. The average Bonchev–Trinajstić information content (AvgIpc) is 3.34. The van der Waals surface area contributed by atoms with Crippen LogP contribution in [0.5, 0.6) is 0 Å². The summed E-state index contributed by atoms with van der Waals surface area (Å²) in [5, 5.41) is 0.638. The summed E-state index contributed by atoms with van der Waals surface area (Å²) in [5.74, 6) is 0.514. The standard InChI is InChI=1S/C32H38FN5O2/c1-40-16-4-15-38-29-7-2-6-28(33)27(29)19-30(38)25-5-3-14-37(21-25)32(39)18-26(34)17-22-8-10-23(11-9-22)24-12-13-31(35)36-20-24/h2,6-13,19-20,25-26H,3-5,14-18,21,34H2,1H3,(H2,35,36). The van der Waals surface area contributed by atoms with Crippen LogP contribution in [0.3, 0.4) is 0 Å². The van der Waals surface area contributed by atoms with Gasteiger partial charge in [0, 0.05) is 74.6 Å². The first-order valence-electron chi connectivity index (χ1n) is 14.0. The van der Waals surface area contributed by atoms with Gasteiger partial charge < -0.3 is 25.7 Å². The van der Waals surface area contributed by atoms with Crippen LogP contribution < -0.4 is 11.5 Å². The molecular formula is C32H38FN5O2. The van der Waals surface area contributed by atoms with Crippen molar-refractivity contribution in [3.63, 3.8) is 0 Å². The fourth-order valence-electron chi connectivity index (χ4n) is 5.81. The second-order valence-electron chi connectivity index (χ2n) is 10.8. The number of methoxy groups -OCH3 is 1. The van der Waals surface area contributed by atoms with Crippen LogP contribution in [0.15, 0.2) is 66.9 Å². The molecular weight excluding hydrogens is 505 g/mol. The molecule has 0 bridgehead atoms. The van der Waals surface area contributed by atoms with Crippen molar-refractivity contribution in [3.8, 4) is 11.1 Å². The molecule has 0 aliphatic carbocycles. The van der Waals surface area contributed by atoms with Crippen molar-refractivity contribution < 1.29 is 13.9 Å². The molecule has 2 aromatic carbocycles. The lowest BCUT2D eigenvalue weighted by atomic mass is 9.93. The Bertz CT molecular complexity index is 1430. The lowest BCUT2D eigenvalue weighted by molar-refractivity contribution is -0.132. The molecule has 210 valence electrons. The molecule has 1 amide bonds. The van der Waals surface area contributed by atoms with Crippen molar-refractivity contribution in [2.24, 2.45) is 5.73 Å². The number of piperidine rings is 1. The van der Waals surface area contributed by atoms with Crippen molar-refractivity contribution in [1.82, 2.24) is 14.5 Å². The fraction of sp³-hybridized carbons (Fsp3) is 0.375. The number of benzene rings is 2. The number of aryl methyl sites for hydroxylation is 1. The second-order valence-corrected chi connectivity index (χ2v) is 10.8. The molecule has 0 saturated carbocycles. The number of anilines is 1. The van der Waals surface area contributed by atoms with E-state index in [1.807, 2.05) is 35.2 Å². The molecule has 4 aromatic rings. The Morgan fingerprint density at radius 1 is 1.15 bits per heavy atom. The molecule has 8 heteroatoms. The van der Waals surface area contributed by atoms with Crippen LogP contribution in [0, 0.1) is 5.82 Å². The maximum atomic E-state index is 14.7. The van der Waals surface area contributed by atoms with Gasteiger partial charge in [0.1, 0.15) is 11.6 Å². The molecule has 2 aromatic heterocycles. The number of hydrogen-bond acceptors (Lipinski definition) is 5. The molecule has 2 atom stereocenters. The van der Waals surface area contributed by atoms with E-state index in [-0.39, 0.29) is 23.7 Å². The zero-order valence-electron chi connectivity index (χ0n) is 23.1. The highest BCUT2D eigenvalue weighted by atomic mass is 19.1. The van der Waals surface area contributed by atoms with E-state index < -0.39 is 0 Å². The van der Waals surface area contributed by atoms with Gasteiger partial charge in [-0.15, -0.1) is 0 Å². The van der Waals surface area contributed by atoms with E-state index in [1.165, 1.54) is 6.07 Å². The number of ether oxygens (including phenoxy) is 1. The first kappa shape index (κ1) is 27.8. The lowest BCUT2D eigenvalue weighted by Gasteiger charge is -2.34. The Hall–Kier alpha value is -3.75. The Labute approximate surface area is 234 Å². The van der Waals surface area contributed by atoms with Gasteiger partial charge in [-0.2, -0.15) is 0 Å². The molecule has 1 fully saturated rings.